The third-order valence-corrected chi connectivity index (χ3v) is 3.74. The smallest absolute Gasteiger partial charge is 0.138 e. The first-order chi connectivity index (χ1) is 8.54. The van der Waals surface area contributed by atoms with Gasteiger partial charge in [-0.3, -0.25) is 0 Å². The van der Waals surface area contributed by atoms with E-state index in [1.165, 1.54) is 11.1 Å². The first kappa shape index (κ1) is 13.8. The first-order valence-corrected chi connectivity index (χ1v) is 7.23. The molecule has 18 heavy (non-hydrogen) atoms. The van der Waals surface area contributed by atoms with Crippen LogP contribution in [0.3, 0.4) is 0 Å². The molecule has 1 unspecified atom stereocenters. The molecule has 1 heterocycles. The Morgan fingerprint density at radius 3 is 2.78 bits per heavy atom. The van der Waals surface area contributed by atoms with Crippen molar-refractivity contribution < 1.29 is 4.74 Å². The lowest BCUT2D eigenvalue weighted by molar-refractivity contribution is 0.344. The van der Waals surface area contributed by atoms with Crippen LogP contribution in [0.2, 0.25) is 0 Å². The Balaban J connectivity index is 2.24. The minimum atomic E-state index is -0.234. The van der Waals surface area contributed by atoms with E-state index in [4.69, 9.17) is 4.74 Å². The zero-order valence-electron chi connectivity index (χ0n) is 10.1. The molecular formula is C15H14Br2O. The maximum Gasteiger partial charge on any atom is 0.138 e. The maximum absolute atomic E-state index is 5.70. The minimum Gasteiger partial charge on any atom is -0.360 e. The summed E-state index contributed by atoms with van der Waals surface area (Å²) in [6.07, 6.45) is 5.97. The van der Waals surface area contributed by atoms with Crippen LogP contribution in [0.15, 0.2) is 63.6 Å². The molecule has 1 aliphatic heterocycles. The fourth-order valence-corrected chi connectivity index (χ4v) is 2.42. The van der Waals surface area contributed by atoms with Crippen molar-refractivity contribution in [3.63, 3.8) is 0 Å². The molecule has 0 bridgehead atoms. The van der Waals surface area contributed by atoms with Crippen LogP contribution in [0.5, 0.6) is 0 Å². The molecule has 0 N–H and O–H groups in total. The summed E-state index contributed by atoms with van der Waals surface area (Å²) in [7, 11) is 0. The van der Waals surface area contributed by atoms with Crippen LogP contribution in [0, 0.1) is 0 Å². The molecule has 0 saturated carbocycles. The van der Waals surface area contributed by atoms with Gasteiger partial charge in [0, 0.05) is 8.96 Å². The van der Waals surface area contributed by atoms with Crippen LogP contribution in [0.25, 0.3) is 0 Å². The normalized spacial score (nSPS) is 23.4. The largest absolute Gasteiger partial charge is 0.360 e. The van der Waals surface area contributed by atoms with Gasteiger partial charge in [-0.2, -0.15) is 0 Å². The van der Waals surface area contributed by atoms with Crippen LogP contribution in [0.1, 0.15) is 12.5 Å². The molecule has 2 rings (SSSR count). The monoisotopic (exact) mass is 368 g/mol. The number of hydrogen-bond acceptors (Lipinski definition) is 1. The molecule has 1 saturated heterocycles. The predicted octanol–water partition coefficient (Wildman–Crippen LogP) is 5.09. The van der Waals surface area contributed by atoms with E-state index < -0.39 is 0 Å². The first-order valence-electron chi connectivity index (χ1n) is 5.64. The highest BCUT2D eigenvalue weighted by molar-refractivity contribution is 9.11. The third-order valence-electron chi connectivity index (χ3n) is 2.98. The third kappa shape index (κ3) is 3.02. The van der Waals surface area contributed by atoms with E-state index in [0.29, 0.717) is 0 Å². The van der Waals surface area contributed by atoms with Crippen molar-refractivity contribution in [1.29, 1.82) is 0 Å². The number of ether oxygens (including phenoxy) is 1. The highest BCUT2D eigenvalue weighted by atomic mass is 79.9. The van der Waals surface area contributed by atoms with Crippen LogP contribution in [0.4, 0.5) is 0 Å². The van der Waals surface area contributed by atoms with Crippen LogP contribution >= 0.6 is 31.9 Å². The summed E-state index contributed by atoms with van der Waals surface area (Å²) in [5.74, 6) is 0. The average molecular weight is 370 g/mol. The van der Waals surface area contributed by atoms with Gasteiger partial charge in [0.05, 0.1) is 6.61 Å². The Hall–Kier alpha value is -0.640. The number of hydrogen-bond donors (Lipinski definition) is 0. The Morgan fingerprint density at radius 1 is 1.50 bits per heavy atom. The van der Waals surface area contributed by atoms with Gasteiger partial charge in [-0.1, -0.05) is 62.7 Å². The Bertz CT molecular complexity index is 525. The van der Waals surface area contributed by atoms with Crippen LogP contribution in [-0.4, -0.2) is 6.61 Å². The Labute approximate surface area is 124 Å². The second kappa shape index (κ2) is 5.55. The number of epoxide rings is 1. The van der Waals surface area contributed by atoms with Gasteiger partial charge in [-0.25, -0.2) is 0 Å². The van der Waals surface area contributed by atoms with Crippen molar-refractivity contribution in [3.8, 4) is 0 Å². The molecule has 0 aliphatic carbocycles. The molecule has 0 aromatic heterocycles. The topological polar surface area (TPSA) is 12.5 Å². The molecule has 1 nitrogen and oxygen atoms in total. The summed E-state index contributed by atoms with van der Waals surface area (Å²) in [6, 6.07) is 8.26. The summed E-state index contributed by atoms with van der Waals surface area (Å²) in [6.45, 7) is 6.60. The van der Waals surface area contributed by atoms with Gasteiger partial charge in [0.25, 0.3) is 0 Å². The van der Waals surface area contributed by atoms with Crippen LogP contribution < -0.4 is 0 Å². The van der Waals surface area contributed by atoms with E-state index in [2.05, 4.69) is 63.6 Å². The molecule has 1 aromatic carbocycles. The number of rotatable bonds is 4. The summed E-state index contributed by atoms with van der Waals surface area (Å²) in [5.41, 5.74) is 2.16. The Morgan fingerprint density at radius 2 is 2.22 bits per heavy atom. The van der Waals surface area contributed by atoms with E-state index in [1.54, 1.807) is 0 Å². The van der Waals surface area contributed by atoms with Crippen molar-refractivity contribution >= 4 is 31.9 Å². The molecular weight excluding hydrogens is 356 g/mol. The summed E-state index contributed by atoms with van der Waals surface area (Å²) >= 11 is 6.79. The van der Waals surface area contributed by atoms with Gasteiger partial charge in [0.2, 0.25) is 0 Å². The van der Waals surface area contributed by atoms with E-state index in [1.807, 2.05) is 24.3 Å². The van der Waals surface area contributed by atoms with E-state index >= 15 is 0 Å². The quantitative estimate of drug-likeness (QED) is 0.532. The zero-order chi connectivity index (χ0) is 13.2. The standard InChI is InChI=1S/C15H14Br2O/c1-11(5-3-6-12(2)16)15(10-18-15)13-7-4-8-14(17)9-13/h3-9H,2,10H2,1H3/b6-3-,11-5+. The molecule has 1 aromatic rings. The number of allylic oxidation sites excluding steroid dienone is 4. The van der Waals surface area contributed by atoms with E-state index in [0.717, 1.165) is 15.6 Å². The second-order valence-corrected chi connectivity index (χ2v) is 6.22. The van der Waals surface area contributed by atoms with Gasteiger partial charge in [0.15, 0.2) is 0 Å². The average Bonchev–Trinajstić information content (AvgIpc) is 3.09. The van der Waals surface area contributed by atoms with Gasteiger partial charge < -0.3 is 4.74 Å². The van der Waals surface area contributed by atoms with Gasteiger partial charge in [-0.05, 0) is 36.3 Å². The van der Waals surface area contributed by atoms with Gasteiger partial charge in [0.1, 0.15) is 5.60 Å². The molecule has 3 heteroatoms. The predicted molar refractivity (Wildman–Crippen MR) is 82.7 cm³/mol. The maximum atomic E-state index is 5.70. The summed E-state index contributed by atoms with van der Waals surface area (Å²) in [4.78, 5) is 0. The summed E-state index contributed by atoms with van der Waals surface area (Å²) < 4.78 is 7.64. The highest BCUT2D eigenvalue weighted by Crippen LogP contribution is 2.45. The van der Waals surface area contributed by atoms with Crippen LogP contribution in [-0.2, 0) is 10.3 Å². The molecule has 0 radical (unpaired) electrons. The Kier molecular flexibility index (Phi) is 4.25. The summed E-state index contributed by atoms with van der Waals surface area (Å²) in [5, 5.41) is 0. The van der Waals surface area contributed by atoms with E-state index in [9.17, 15) is 0 Å². The lowest BCUT2D eigenvalue weighted by Crippen LogP contribution is -2.10. The molecule has 94 valence electrons. The fourth-order valence-electron chi connectivity index (χ4n) is 1.87. The molecule has 1 aliphatic rings. The van der Waals surface area contributed by atoms with Crippen molar-refractivity contribution in [1.82, 2.24) is 0 Å². The highest BCUT2D eigenvalue weighted by Gasteiger charge is 2.47. The lowest BCUT2D eigenvalue weighted by atomic mass is 9.92. The number of halogens is 2. The van der Waals surface area contributed by atoms with Crippen molar-refractivity contribution in [3.05, 3.63) is 69.2 Å². The molecule has 1 fully saturated rings. The van der Waals surface area contributed by atoms with Gasteiger partial charge >= 0.3 is 0 Å². The number of benzene rings is 1. The zero-order valence-corrected chi connectivity index (χ0v) is 13.3. The fraction of sp³-hybridized carbons (Fsp3) is 0.200. The minimum absolute atomic E-state index is 0.234. The SMILES string of the molecule is C=C(Br)/C=C\C=C(/C)C1(c2cccc(Br)c2)CO1. The lowest BCUT2D eigenvalue weighted by Gasteiger charge is -2.13. The van der Waals surface area contributed by atoms with Crippen molar-refractivity contribution in [2.75, 3.05) is 6.61 Å². The van der Waals surface area contributed by atoms with Gasteiger partial charge in [-0.15, -0.1) is 0 Å². The van der Waals surface area contributed by atoms with Crippen molar-refractivity contribution in [2.24, 2.45) is 0 Å². The molecule has 0 amide bonds. The molecule has 0 spiro atoms. The van der Waals surface area contributed by atoms with E-state index in [-0.39, 0.29) is 5.60 Å². The second-order valence-electron chi connectivity index (χ2n) is 4.28. The van der Waals surface area contributed by atoms with Crippen molar-refractivity contribution in [2.45, 2.75) is 12.5 Å². The molecule has 1 atom stereocenters.